The average molecular weight is 432 g/mol. The molecule has 2 aromatic carbocycles. The number of hydrogen-bond acceptors (Lipinski definition) is 3. The number of piperazine rings is 1. The van der Waals surface area contributed by atoms with Crippen LogP contribution in [0.25, 0.3) is 10.9 Å². The molecular weight excluding hydrogens is 402 g/mol. The van der Waals surface area contributed by atoms with Gasteiger partial charge < -0.3 is 19.5 Å². The molecule has 5 rings (SSSR count). The maximum atomic E-state index is 13.6. The first-order chi connectivity index (χ1) is 15.5. The van der Waals surface area contributed by atoms with Crippen LogP contribution in [0.3, 0.4) is 0 Å². The highest BCUT2D eigenvalue weighted by Gasteiger charge is 2.48. The zero-order chi connectivity index (χ0) is 22.4. The summed E-state index contributed by atoms with van der Waals surface area (Å²) in [6.45, 7) is 5.04. The van der Waals surface area contributed by atoms with E-state index in [1.165, 1.54) is 0 Å². The van der Waals surface area contributed by atoms with Crippen molar-refractivity contribution < 1.29 is 14.3 Å². The van der Waals surface area contributed by atoms with Crippen LogP contribution in [0, 0.1) is 5.92 Å². The summed E-state index contributed by atoms with van der Waals surface area (Å²) in [5.41, 5.74) is 4.09. The molecule has 0 spiro atoms. The zero-order valence-electron chi connectivity index (χ0n) is 18.8. The molecule has 1 fully saturated rings. The van der Waals surface area contributed by atoms with E-state index in [0.29, 0.717) is 18.9 Å². The van der Waals surface area contributed by atoms with Crippen LogP contribution in [-0.2, 0) is 16.0 Å². The van der Waals surface area contributed by atoms with E-state index in [2.05, 4.69) is 24.9 Å². The lowest BCUT2D eigenvalue weighted by Gasteiger charge is -2.47. The van der Waals surface area contributed by atoms with Gasteiger partial charge in [0, 0.05) is 29.6 Å². The molecule has 0 aliphatic carbocycles. The molecule has 0 radical (unpaired) electrons. The van der Waals surface area contributed by atoms with Gasteiger partial charge in [-0.25, -0.2) is 0 Å². The van der Waals surface area contributed by atoms with Gasteiger partial charge in [0.2, 0.25) is 11.8 Å². The number of ether oxygens (including phenoxy) is 1. The number of hydrogen-bond donors (Lipinski definition) is 1. The second-order valence-electron chi connectivity index (χ2n) is 9.21. The lowest BCUT2D eigenvalue weighted by Crippen LogP contribution is -2.63. The molecule has 32 heavy (non-hydrogen) atoms. The molecule has 6 nitrogen and oxygen atoms in total. The summed E-state index contributed by atoms with van der Waals surface area (Å²) >= 11 is 0. The van der Waals surface area contributed by atoms with Gasteiger partial charge in [-0.1, -0.05) is 44.2 Å². The van der Waals surface area contributed by atoms with Crippen LogP contribution in [0.1, 0.15) is 43.1 Å². The first-order valence-corrected chi connectivity index (χ1v) is 11.3. The van der Waals surface area contributed by atoms with Crippen LogP contribution in [0.5, 0.6) is 5.75 Å². The number of carbonyl (C=O) groups excluding carboxylic acids is 2. The summed E-state index contributed by atoms with van der Waals surface area (Å²) < 4.78 is 5.46. The normalized spacial score (nSPS) is 20.6. The quantitative estimate of drug-likeness (QED) is 0.666. The molecule has 3 aromatic rings. The summed E-state index contributed by atoms with van der Waals surface area (Å²) in [6.07, 6.45) is 1.42. The van der Waals surface area contributed by atoms with Crippen molar-refractivity contribution in [1.29, 1.82) is 0 Å². The van der Waals surface area contributed by atoms with E-state index < -0.39 is 6.04 Å². The Hall–Kier alpha value is -3.28. The Morgan fingerprint density at radius 2 is 1.94 bits per heavy atom. The van der Waals surface area contributed by atoms with Crippen molar-refractivity contribution in [3.8, 4) is 5.75 Å². The van der Waals surface area contributed by atoms with Gasteiger partial charge in [0.25, 0.3) is 0 Å². The average Bonchev–Trinajstić information content (AvgIpc) is 3.17. The lowest BCUT2D eigenvalue weighted by molar-refractivity contribution is -0.158. The fraction of sp³-hybridized carbons (Fsp3) is 0.385. The van der Waals surface area contributed by atoms with E-state index in [1.807, 2.05) is 42.5 Å². The SMILES string of the molecule is COc1cccc(C2c3[nH]c4ccccc4c3C[C@H]3C(=O)N(CCC(C)C)CC(=O)N23)c1. The third-order valence-corrected chi connectivity index (χ3v) is 6.73. The summed E-state index contributed by atoms with van der Waals surface area (Å²) in [5, 5.41) is 1.12. The minimum atomic E-state index is -0.494. The van der Waals surface area contributed by atoms with Crippen molar-refractivity contribution in [2.24, 2.45) is 5.92 Å². The first-order valence-electron chi connectivity index (χ1n) is 11.3. The predicted molar refractivity (Wildman–Crippen MR) is 124 cm³/mol. The molecule has 2 aliphatic rings. The van der Waals surface area contributed by atoms with Gasteiger partial charge in [-0.15, -0.1) is 0 Å². The summed E-state index contributed by atoms with van der Waals surface area (Å²) in [6, 6.07) is 15.1. The monoisotopic (exact) mass is 431 g/mol. The van der Waals surface area contributed by atoms with Gasteiger partial charge in [0.05, 0.1) is 19.7 Å². The van der Waals surface area contributed by atoms with E-state index >= 15 is 0 Å². The number of para-hydroxylation sites is 1. The van der Waals surface area contributed by atoms with Gasteiger partial charge in [-0.2, -0.15) is 0 Å². The van der Waals surface area contributed by atoms with Crippen LogP contribution in [0.4, 0.5) is 0 Å². The van der Waals surface area contributed by atoms with Gasteiger partial charge >= 0.3 is 0 Å². The summed E-state index contributed by atoms with van der Waals surface area (Å²) in [5.74, 6) is 1.26. The van der Waals surface area contributed by atoms with Crippen molar-refractivity contribution in [2.45, 2.75) is 38.8 Å². The Balaban J connectivity index is 1.64. The van der Waals surface area contributed by atoms with E-state index in [1.54, 1.807) is 16.9 Å². The molecule has 1 aromatic heterocycles. The first kappa shape index (κ1) is 20.6. The molecule has 0 saturated carbocycles. The molecular formula is C26H29N3O3. The maximum Gasteiger partial charge on any atom is 0.246 e. The number of rotatable bonds is 5. The number of carbonyl (C=O) groups is 2. The van der Waals surface area contributed by atoms with Gasteiger partial charge in [-0.05, 0) is 41.7 Å². The number of aromatic nitrogens is 1. The molecule has 2 aliphatic heterocycles. The Morgan fingerprint density at radius 1 is 1.12 bits per heavy atom. The van der Waals surface area contributed by atoms with Crippen molar-refractivity contribution in [3.63, 3.8) is 0 Å². The number of methoxy groups -OCH3 is 1. The van der Waals surface area contributed by atoms with Crippen molar-refractivity contribution in [3.05, 3.63) is 65.4 Å². The van der Waals surface area contributed by atoms with Crippen molar-refractivity contribution >= 4 is 22.7 Å². The van der Waals surface area contributed by atoms with Crippen LogP contribution >= 0.6 is 0 Å². The Morgan fingerprint density at radius 3 is 2.72 bits per heavy atom. The topological polar surface area (TPSA) is 65.6 Å². The van der Waals surface area contributed by atoms with Crippen LogP contribution in [0.15, 0.2) is 48.5 Å². The number of nitrogens with one attached hydrogen (secondary N) is 1. The van der Waals surface area contributed by atoms with E-state index in [-0.39, 0.29) is 24.4 Å². The number of fused-ring (bicyclic) bond motifs is 4. The Bertz CT molecular complexity index is 1180. The van der Waals surface area contributed by atoms with Crippen molar-refractivity contribution in [1.82, 2.24) is 14.8 Å². The van der Waals surface area contributed by atoms with Crippen LogP contribution < -0.4 is 4.74 Å². The molecule has 3 heterocycles. The molecule has 1 N–H and O–H groups in total. The van der Waals surface area contributed by atoms with Gasteiger partial charge in [-0.3, -0.25) is 9.59 Å². The van der Waals surface area contributed by atoms with E-state index in [4.69, 9.17) is 4.74 Å². The third-order valence-electron chi connectivity index (χ3n) is 6.73. The molecule has 6 heteroatoms. The Labute approximate surface area is 188 Å². The predicted octanol–water partition coefficient (Wildman–Crippen LogP) is 3.91. The molecule has 0 bridgehead atoms. The highest BCUT2D eigenvalue weighted by molar-refractivity contribution is 5.97. The van der Waals surface area contributed by atoms with E-state index in [0.717, 1.165) is 39.9 Å². The minimum Gasteiger partial charge on any atom is -0.497 e. The molecule has 2 amide bonds. The summed E-state index contributed by atoms with van der Waals surface area (Å²) in [7, 11) is 1.64. The lowest BCUT2D eigenvalue weighted by atomic mass is 9.86. The highest BCUT2D eigenvalue weighted by atomic mass is 16.5. The largest absolute Gasteiger partial charge is 0.497 e. The van der Waals surface area contributed by atoms with Crippen LogP contribution in [-0.4, -0.2) is 52.8 Å². The zero-order valence-corrected chi connectivity index (χ0v) is 18.8. The number of nitrogens with zero attached hydrogens (tertiary/aromatic N) is 2. The van der Waals surface area contributed by atoms with Gasteiger partial charge in [0.15, 0.2) is 0 Å². The van der Waals surface area contributed by atoms with E-state index in [9.17, 15) is 9.59 Å². The standard InChI is InChI=1S/C26H29N3O3/c1-16(2)11-12-28-15-23(30)29-22(26(28)31)14-20-19-9-4-5-10-21(19)27-24(20)25(29)17-7-6-8-18(13-17)32-3/h4-10,13,16,22,25,27H,11-12,14-15H2,1-3H3/t22-,25?/m0/s1. The highest BCUT2D eigenvalue weighted by Crippen LogP contribution is 2.43. The Kier molecular flexibility index (Phi) is 5.16. The maximum absolute atomic E-state index is 13.6. The van der Waals surface area contributed by atoms with Crippen LogP contribution in [0.2, 0.25) is 0 Å². The smallest absolute Gasteiger partial charge is 0.246 e. The molecule has 166 valence electrons. The number of amides is 2. The second-order valence-corrected chi connectivity index (χ2v) is 9.21. The molecule has 1 unspecified atom stereocenters. The summed E-state index contributed by atoms with van der Waals surface area (Å²) in [4.78, 5) is 34.2. The molecule has 1 saturated heterocycles. The third kappa shape index (κ3) is 3.34. The second kappa shape index (κ2) is 8.01. The number of H-pyrrole nitrogens is 1. The fourth-order valence-electron chi connectivity index (χ4n) is 5.08. The van der Waals surface area contributed by atoms with Gasteiger partial charge in [0.1, 0.15) is 11.8 Å². The minimum absolute atomic E-state index is 0.00418. The molecule has 2 atom stereocenters. The number of aromatic amines is 1. The fourth-order valence-corrected chi connectivity index (χ4v) is 5.08. The number of benzene rings is 2. The van der Waals surface area contributed by atoms with Crippen molar-refractivity contribution in [2.75, 3.05) is 20.2 Å².